The number of sulfonamides is 1. The number of amides is 1. The minimum absolute atomic E-state index is 0.0307. The molecule has 0 saturated carbocycles. The highest BCUT2D eigenvalue weighted by Crippen LogP contribution is 2.29. The fourth-order valence-corrected chi connectivity index (χ4v) is 5.24. The average Bonchev–Trinajstić information content (AvgIpc) is 2.63. The van der Waals surface area contributed by atoms with Crippen LogP contribution in [0.15, 0.2) is 41.3 Å². The van der Waals surface area contributed by atoms with E-state index in [2.05, 4.69) is 5.32 Å². The summed E-state index contributed by atoms with van der Waals surface area (Å²) in [5.41, 5.74) is 3.03. The Hall–Kier alpha value is -2.38. The molecule has 0 aromatic heterocycles. The molecule has 3 rings (SSSR count). The summed E-state index contributed by atoms with van der Waals surface area (Å²) in [6.07, 6.45) is 0.894. The Morgan fingerprint density at radius 1 is 1.04 bits per heavy atom. The van der Waals surface area contributed by atoms with Crippen LogP contribution in [0.3, 0.4) is 0 Å². The van der Waals surface area contributed by atoms with E-state index in [0.29, 0.717) is 36.5 Å². The lowest BCUT2D eigenvalue weighted by Gasteiger charge is -2.31. The number of carbonyl (C=O) groups excluding carboxylic acids is 1. The van der Waals surface area contributed by atoms with Gasteiger partial charge in [-0.3, -0.25) is 4.79 Å². The van der Waals surface area contributed by atoms with Gasteiger partial charge in [-0.25, -0.2) is 8.42 Å². The van der Waals surface area contributed by atoms with Crippen molar-refractivity contribution >= 4 is 21.6 Å². The minimum Gasteiger partial charge on any atom is -0.506 e. The third-order valence-electron chi connectivity index (χ3n) is 5.18. The molecule has 1 heterocycles. The van der Waals surface area contributed by atoms with Crippen LogP contribution in [0.2, 0.25) is 0 Å². The molecule has 1 saturated heterocycles. The standard InChI is InChI=1S/C21H26N2O4S/c1-14-5-7-20(16(3)12-14)28(26,27)23-10-8-17(9-11-23)21(25)22-18-6-4-15(2)13-19(18)24/h4-7,12-13,17,24H,8-11H2,1-3H3,(H,22,25). The van der Waals surface area contributed by atoms with Gasteiger partial charge in [0.15, 0.2) is 0 Å². The summed E-state index contributed by atoms with van der Waals surface area (Å²) in [5, 5.41) is 12.7. The van der Waals surface area contributed by atoms with Crippen LogP contribution in [0.1, 0.15) is 29.5 Å². The largest absolute Gasteiger partial charge is 0.506 e. The van der Waals surface area contributed by atoms with Crippen molar-refractivity contribution in [3.63, 3.8) is 0 Å². The maximum Gasteiger partial charge on any atom is 0.243 e. The fraction of sp³-hybridized carbons (Fsp3) is 0.381. The predicted molar refractivity (Wildman–Crippen MR) is 109 cm³/mol. The van der Waals surface area contributed by atoms with Crippen LogP contribution < -0.4 is 5.32 Å². The molecular weight excluding hydrogens is 376 g/mol. The molecule has 0 spiro atoms. The van der Waals surface area contributed by atoms with E-state index in [1.165, 1.54) is 4.31 Å². The predicted octanol–water partition coefficient (Wildman–Crippen LogP) is 3.36. The van der Waals surface area contributed by atoms with Crippen LogP contribution in [0.25, 0.3) is 0 Å². The highest BCUT2D eigenvalue weighted by molar-refractivity contribution is 7.89. The number of aryl methyl sites for hydroxylation is 3. The van der Waals surface area contributed by atoms with E-state index >= 15 is 0 Å². The minimum atomic E-state index is -3.57. The number of phenolic OH excluding ortho intramolecular Hbond substituents is 1. The molecule has 1 fully saturated rings. The molecule has 28 heavy (non-hydrogen) atoms. The Labute approximate surface area is 166 Å². The Morgan fingerprint density at radius 3 is 2.25 bits per heavy atom. The molecule has 1 aliphatic heterocycles. The van der Waals surface area contributed by atoms with Crippen LogP contribution >= 0.6 is 0 Å². The topological polar surface area (TPSA) is 86.7 Å². The summed E-state index contributed by atoms with van der Waals surface area (Å²) in [7, 11) is -3.57. The van der Waals surface area contributed by atoms with E-state index in [1.54, 1.807) is 31.2 Å². The van der Waals surface area contributed by atoms with Gasteiger partial charge in [0.1, 0.15) is 5.75 Å². The van der Waals surface area contributed by atoms with E-state index < -0.39 is 10.0 Å². The zero-order valence-electron chi connectivity index (χ0n) is 16.4. The van der Waals surface area contributed by atoms with Crippen molar-refractivity contribution < 1.29 is 18.3 Å². The van der Waals surface area contributed by atoms with E-state index in [4.69, 9.17) is 0 Å². The first-order valence-corrected chi connectivity index (χ1v) is 10.8. The van der Waals surface area contributed by atoms with Crippen molar-refractivity contribution in [1.29, 1.82) is 0 Å². The number of carbonyl (C=O) groups is 1. The van der Waals surface area contributed by atoms with Gasteiger partial charge in [-0.1, -0.05) is 23.8 Å². The zero-order chi connectivity index (χ0) is 20.5. The SMILES string of the molecule is Cc1ccc(S(=O)(=O)N2CCC(C(=O)Nc3ccc(C)cc3O)CC2)c(C)c1. The smallest absolute Gasteiger partial charge is 0.243 e. The van der Waals surface area contributed by atoms with Gasteiger partial charge in [-0.2, -0.15) is 4.31 Å². The van der Waals surface area contributed by atoms with E-state index in [9.17, 15) is 18.3 Å². The van der Waals surface area contributed by atoms with Crippen molar-refractivity contribution in [1.82, 2.24) is 4.31 Å². The normalized spacial score (nSPS) is 16.1. The van der Waals surface area contributed by atoms with Crippen LogP contribution in [0.4, 0.5) is 5.69 Å². The van der Waals surface area contributed by atoms with E-state index in [1.807, 2.05) is 26.0 Å². The first-order valence-electron chi connectivity index (χ1n) is 9.36. The Kier molecular flexibility index (Phi) is 5.76. The van der Waals surface area contributed by atoms with E-state index in [0.717, 1.165) is 16.7 Å². The van der Waals surface area contributed by atoms with Gasteiger partial charge in [0.25, 0.3) is 0 Å². The maximum absolute atomic E-state index is 13.0. The van der Waals surface area contributed by atoms with E-state index in [-0.39, 0.29) is 17.6 Å². The Morgan fingerprint density at radius 2 is 1.64 bits per heavy atom. The number of phenols is 1. The quantitative estimate of drug-likeness (QED) is 0.768. The van der Waals surface area contributed by atoms with Crippen molar-refractivity contribution in [2.45, 2.75) is 38.5 Å². The highest BCUT2D eigenvalue weighted by atomic mass is 32.2. The molecular formula is C21H26N2O4S. The number of nitrogens with one attached hydrogen (secondary N) is 1. The molecule has 1 amide bonds. The van der Waals surface area contributed by atoms with Crippen molar-refractivity contribution in [3.05, 3.63) is 53.1 Å². The molecule has 0 bridgehead atoms. The summed E-state index contributed by atoms with van der Waals surface area (Å²) >= 11 is 0. The van der Waals surface area contributed by atoms with Crippen LogP contribution in [0.5, 0.6) is 5.75 Å². The van der Waals surface area contributed by atoms with Gasteiger partial charge in [0.05, 0.1) is 10.6 Å². The molecule has 0 atom stereocenters. The number of hydrogen-bond donors (Lipinski definition) is 2. The number of rotatable bonds is 4. The summed E-state index contributed by atoms with van der Waals surface area (Å²) in [6.45, 7) is 6.19. The van der Waals surface area contributed by atoms with Gasteiger partial charge in [-0.15, -0.1) is 0 Å². The third kappa shape index (κ3) is 4.20. The molecule has 2 aromatic rings. The van der Waals surface area contributed by atoms with Crippen molar-refractivity contribution in [3.8, 4) is 5.75 Å². The molecule has 0 radical (unpaired) electrons. The average molecular weight is 403 g/mol. The van der Waals surface area contributed by atoms with Crippen LogP contribution in [-0.4, -0.2) is 36.8 Å². The first-order chi connectivity index (χ1) is 13.2. The maximum atomic E-state index is 13.0. The van der Waals surface area contributed by atoms with Crippen LogP contribution in [0, 0.1) is 26.7 Å². The third-order valence-corrected chi connectivity index (χ3v) is 7.24. The second-order valence-electron chi connectivity index (χ2n) is 7.46. The van der Waals surface area contributed by atoms with Gasteiger partial charge >= 0.3 is 0 Å². The Bertz CT molecular complexity index is 993. The molecule has 2 N–H and O–H groups in total. The summed E-state index contributed by atoms with van der Waals surface area (Å²) in [4.78, 5) is 12.9. The second-order valence-corrected chi connectivity index (χ2v) is 9.36. The number of benzene rings is 2. The second kappa shape index (κ2) is 7.93. The van der Waals surface area contributed by atoms with Gasteiger partial charge in [0.2, 0.25) is 15.9 Å². The van der Waals surface area contributed by atoms with Gasteiger partial charge in [0, 0.05) is 19.0 Å². The zero-order valence-corrected chi connectivity index (χ0v) is 17.2. The number of hydrogen-bond acceptors (Lipinski definition) is 4. The lowest BCUT2D eigenvalue weighted by atomic mass is 9.97. The molecule has 6 nitrogen and oxygen atoms in total. The summed E-state index contributed by atoms with van der Waals surface area (Å²) in [5.74, 6) is -0.447. The molecule has 0 unspecified atom stereocenters. The highest BCUT2D eigenvalue weighted by Gasteiger charge is 2.33. The molecule has 0 aliphatic carbocycles. The molecule has 2 aromatic carbocycles. The number of piperidine rings is 1. The lowest BCUT2D eigenvalue weighted by Crippen LogP contribution is -2.41. The number of nitrogens with zero attached hydrogens (tertiary/aromatic N) is 1. The summed E-state index contributed by atoms with van der Waals surface area (Å²) < 4.78 is 27.4. The van der Waals surface area contributed by atoms with Crippen LogP contribution in [-0.2, 0) is 14.8 Å². The van der Waals surface area contributed by atoms with Gasteiger partial charge in [-0.05, 0) is 62.9 Å². The monoisotopic (exact) mass is 402 g/mol. The molecule has 7 heteroatoms. The number of aromatic hydroxyl groups is 1. The van der Waals surface area contributed by atoms with Crippen molar-refractivity contribution in [2.24, 2.45) is 5.92 Å². The fourth-order valence-electron chi connectivity index (χ4n) is 3.57. The van der Waals surface area contributed by atoms with Crippen molar-refractivity contribution in [2.75, 3.05) is 18.4 Å². The number of anilines is 1. The molecule has 150 valence electrons. The van der Waals surface area contributed by atoms with Gasteiger partial charge < -0.3 is 10.4 Å². The Balaban J connectivity index is 1.65. The lowest BCUT2D eigenvalue weighted by molar-refractivity contribution is -0.120. The first kappa shape index (κ1) is 20.4. The summed E-state index contributed by atoms with van der Waals surface area (Å²) in [6, 6.07) is 10.4. The molecule has 1 aliphatic rings.